The van der Waals surface area contributed by atoms with Gasteiger partial charge in [-0.15, -0.1) is 0 Å². The molecule has 0 aliphatic carbocycles. The fourth-order valence-electron chi connectivity index (χ4n) is 1.47. The highest BCUT2D eigenvalue weighted by molar-refractivity contribution is 9.10. The van der Waals surface area contributed by atoms with Gasteiger partial charge in [0.15, 0.2) is 0 Å². The zero-order chi connectivity index (χ0) is 13.0. The van der Waals surface area contributed by atoms with Gasteiger partial charge >= 0.3 is 0 Å². The van der Waals surface area contributed by atoms with Gasteiger partial charge in [-0.05, 0) is 29.8 Å². The Labute approximate surface area is 112 Å². The number of hydrogen-bond acceptors (Lipinski definition) is 2. The minimum absolute atomic E-state index is 0.283. The predicted molar refractivity (Wildman–Crippen MR) is 69.5 cm³/mol. The van der Waals surface area contributed by atoms with Gasteiger partial charge in [-0.25, -0.2) is 4.39 Å². The summed E-state index contributed by atoms with van der Waals surface area (Å²) in [6.07, 6.45) is 3.33. The Morgan fingerprint density at radius 1 is 1.39 bits per heavy atom. The second kappa shape index (κ2) is 5.73. The third-order valence-corrected chi connectivity index (χ3v) is 2.76. The number of hydrogen-bond donors (Lipinski definition) is 1. The molecule has 2 rings (SSSR count). The van der Waals surface area contributed by atoms with Gasteiger partial charge in [0.2, 0.25) is 0 Å². The van der Waals surface area contributed by atoms with Crippen molar-refractivity contribution in [1.29, 1.82) is 0 Å². The van der Waals surface area contributed by atoms with Gasteiger partial charge in [0.05, 0.1) is 0 Å². The van der Waals surface area contributed by atoms with Crippen molar-refractivity contribution in [3.8, 4) is 0 Å². The van der Waals surface area contributed by atoms with Crippen LogP contribution in [0.15, 0.2) is 47.2 Å². The minimum Gasteiger partial charge on any atom is -0.348 e. The fraction of sp³-hybridized carbons (Fsp3) is 0.0769. The highest BCUT2D eigenvalue weighted by Gasteiger charge is 2.07. The lowest BCUT2D eigenvalue weighted by Crippen LogP contribution is -2.22. The van der Waals surface area contributed by atoms with Crippen LogP contribution in [-0.4, -0.2) is 10.9 Å². The van der Waals surface area contributed by atoms with Crippen LogP contribution in [0.3, 0.4) is 0 Å². The molecular formula is C13H10BrFN2O. The number of nitrogens with one attached hydrogen (secondary N) is 1. The molecule has 5 heteroatoms. The predicted octanol–water partition coefficient (Wildman–Crippen LogP) is 2.91. The van der Waals surface area contributed by atoms with E-state index in [4.69, 9.17) is 0 Å². The van der Waals surface area contributed by atoms with Gasteiger partial charge in [-0.1, -0.05) is 22.0 Å². The van der Waals surface area contributed by atoms with Gasteiger partial charge < -0.3 is 5.32 Å². The van der Waals surface area contributed by atoms with Crippen molar-refractivity contribution in [1.82, 2.24) is 10.3 Å². The molecule has 1 N–H and O–H groups in total. The number of benzene rings is 1. The summed E-state index contributed by atoms with van der Waals surface area (Å²) in [4.78, 5) is 15.7. The molecule has 1 aromatic heterocycles. The van der Waals surface area contributed by atoms with Gasteiger partial charge in [-0.2, -0.15) is 0 Å². The molecule has 0 saturated carbocycles. The first-order valence-electron chi connectivity index (χ1n) is 5.28. The Kier molecular flexibility index (Phi) is 4.04. The Balaban J connectivity index is 2.04. The van der Waals surface area contributed by atoms with Gasteiger partial charge in [-0.3, -0.25) is 9.78 Å². The van der Waals surface area contributed by atoms with E-state index >= 15 is 0 Å². The van der Waals surface area contributed by atoms with E-state index < -0.39 is 5.82 Å². The Bertz CT molecular complexity index is 540. The van der Waals surface area contributed by atoms with Crippen molar-refractivity contribution >= 4 is 21.8 Å². The van der Waals surface area contributed by atoms with E-state index in [1.807, 2.05) is 6.07 Å². The van der Waals surface area contributed by atoms with Gasteiger partial charge in [0.25, 0.3) is 5.91 Å². The average molecular weight is 309 g/mol. The summed E-state index contributed by atoms with van der Waals surface area (Å²) >= 11 is 3.15. The highest BCUT2D eigenvalue weighted by Crippen LogP contribution is 2.14. The first kappa shape index (κ1) is 12.7. The molecule has 2 aromatic rings. The van der Waals surface area contributed by atoms with Crippen LogP contribution in [0.25, 0.3) is 0 Å². The average Bonchev–Trinajstić information content (AvgIpc) is 2.36. The van der Waals surface area contributed by atoms with Crippen molar-refractivity contribution in [2.75, 3.05) is 0 Å². The Morgan fingerprint density at radius 2 is 2.22 bits per heavy atom. The van der Waals surface area contributed by atoms with E-state index in [-0.39, 0.29) is 11.5 Å². The van der Waals surface area contributed by atoms with Crippen LogP contribution in [-0.2, 0) is 6.54 Å². The lowest BCUT2D eigenvalue weighted by atomic mass is 10.2. The number of amides is 1. The molecule has 92 valence electrons. The molecule has 0 saturated heterocycles. The summed E-state index contributed by atoms with van der Waals surface area (Å²) in [5.74, 6) is -0.769. The fourth-order valence-corrected chi connectivity index (χ4v) is 1.94. The van der Waals surface area contributed by atoms with Crippen LogP contribution in [0.4, 0.5) is 4.39 Å². The number of aromatic nitrogens is 1. The molecule has 1 heterocycles. The largest absolute Gasteiger partial charge is 0.348 e. The maximum absolute atomic E-state index is 13.1. The van der Waals surface area contributed by atoms with E-state index in [2.05, 4.69) is 26.2 Å². The lowest BCUT2D eigenvalue weighted by molar-refractivity contribution is 0.0950. The quantitative estimate of drug-likeness (QED) is 0.947. The molecule has 3 nitrogen and oxygen atoms in total. The molecule has 0 fully saturated rings. The minimum atomic E-state index is -0.448. The number of halogens is 2. The second-order valence-corrected chi connectivity index (χ2v) is 4.62. The standard InChI is InChI=1S/C13H10BrFN2O/c14-11-4-10(5-12(15)6-11)13(18)17-8-9-2-1-3-16-7-9/h1-7H,8H2,(H,17,18). The SMILES string of the molecule is O=C(NCc1cccnc1)c1cc(F)cc(Br)c1. The summed E-state index contributed by atoms with van der Waals surface area (Å²) in [5.41, 5.74) is 1.17. The number of rotatable bonds is 3. The molecule has 0 atom stereocenters. The second-order valence-electron chi connectivity index (χ2n) is 3.70. The smallest absolute Gasteiger partial charge is 0.251 e. The van der Waals surface area contributed by atoms with Crippen molar-refractivity contribution in [2.24, 2.45) is 0 Å². The number of pyridine rings is 1. The zero-order valence-electron chi connectivity index (χ0n) is 9.36. The van der Waals surface area contributed by atoms with Crippen LogP contribution < -0.4 is 5.32 Å². The summed E-state index contributed by atoms with van der Waals surface area (Å²) in [6, 6.07) is 7.72. The lowest BCUT2D eigenvalue weighted by Gasteiger charge is -2.05. The monoisotopic (exact) mass is 308 g/mol. The number of carbonyl (C=O) groups is 1. The van der Waals surface area contributed by atoms with E-state index in [1.165, 1.54) is 12.1 Å². The number of carbonyl (C=O) groups excluding carboxylic acids is 1. The molecule has 1 amide bonds. The molecule has 18 heavy (non-hydrogen) atoms. The summed E-state index contributed by atoms with van der Waals surface area (Å²) in [6.45, 7) is 0.362. The molecule has 0 unspecified atom stereocenters. The van der Waals surface area contributed by atoms with Crippen molar-refractivity contribution in [2.45, 2.75) is 6.54 Å². The molecule has 0 radical (unpaired) electrons. The summed E-state index contributed by atoms with van der Waals surface area (Å²) in [5, 5.41) is 2.70. The Morgan fingerprint density at radius 3 is 2.89 bits per heavy atom. The zero-order valence-corrected chi connectivity index (χ0v) is 10.9. The highest BCUT2D eigenvalue weighted by atomic mass is 79.9. The maximum Gasteiger partial charge on any atom is 0.251 e. The van der Waals surface area contributed by atoms with E-state index in [1.54, 1.807) is 24.5 Å². The Hall–Kier alpha value is -1.75. The third-order valence-electron chi connectivity index (χ3n) is 2.30. The van der Waals surface area contributed by atoms with E-state index in [9.17, 15) is 9.18 Å². The summed E-state index contributed by atoms with van der Waals surface area (Å²) < 4.78 is 13.7. The molecule has 0 bridgehead atoms. The maximum atomic E-state index is 13.1. The first-order valence-corrected chi connectivity index (χ1v) is 6.07. The molecule has 1 aromatic carbocycles. The van der Waals surface area contributed by atoms with Crippen molar-refractivity contribution in [3.05, 3.63) is 64.1 Å². The van der Waals surface area contributed by atoms with Crippen LogP contribution in [0.2, 0.25) is 0 Å². The topological polar surface area (TPSA) is 42.0 Å². The van der Waals surface area contributed by atoms with Crippen LogP contribution in [0.5, 0.6) is 0 Å². The van der Waals surface area contributed by atoms with E-state index in [0.717, 1.165) is 5.56 Å². The normalized spacial score (nSPS) is 10.1. The van der Waals surface area contributed by atoms with E-state index in [0.29, 0.717) is 11.0 Å². The van der Waals surface area contributed by atoms with Crippen LogP contribution in [0, 0.1) is 5.82 Å². The molecule has 0 aliphatic heterocycles. The van der Waals surface area contributed by atoms with Crippen molar-refractivity contribution in [3.63, 3.8) is 0 Å². The van der Waals surface area contributed by atoms with Crippen LogP contribution >= 0.6 is 15.9 Å². The number of nitrogens with zero attached hydrogens (tertiary/aromatic N) is 1. The summed E-state index contributed by atoms with van der Waals surface area (Å²) in [7, 11) is 0. The van der Waals surface area contributed by atoms with Crippen LogP contribution in [0.1, 0.15) is 15.9 Å². The molecular weight excluding hydrogens is 299 g/mol. The molecule has 0 aliphatic rings. The molecule has 0 spiro atoms. The van der Waals surface area contributed by atoms with Crippen molar-refractivity contribution < 1.29 is 9.18 Å². The third kappa shape index (κ3) is 3.37. The first-order chi connectivity index (χ1) is 8.65. The van der Waals surface area contributed by atoms with Gasteiger partial charge in [0.1, 0.15) is 5.82 Å². The van der Waals surface area contributed by atoms with Gasteiger partial charge in [0, 0.05) is 29.0 Å².